The van der Waals surface area contributed by atoms with Gasteiger partial charge in [0.15, 0.2) is 11.6 Å². The summed E-state index contributed by atoms with van der Waals surface area (Å²) in [7, 11) is 1.68. The van der Waals surface area contributed by atoms with Crippen LogP contribution in [0.4, 0.5) is 0 Å². The topological polar surface area (TPSA) is 57.8 Å². The third kappa shape index (κ3) is 4.12. The Kier molecular flexibility index (Phi) is 5.42. The summed E-state index contributed by atoms with van der Waals surface area (Å²) in [5.74, 6) is 2.46. The van der Waals surface area contributed by atoms with E-state index in [9.17, 15) is 0 Å². The van der Waals surface area contributed by atoms with E-state index in [0.29, 0.717) is 5.82 Å². The number of methoxy groups -OCH3 is 1. The molecule has 2 aromatic carbocycles. The van der Waals surface area contributed by atoms with E-state index in [1.807, 2.05) is 52.7 Å². The van der Waals surface area contributed by atoms with Crippen LogP contribution in [0, 0.1) is 6.92 Å². The number of rotatable bonds is 5. The lowest BCUT2D eigenvalue weighted by molar-refractivity contribution is 0.413. The molecule has 0 amide bonds. The minimum atomic E-state index is 0.717. The first-order chi connectivity index (χ1) is 15.7. The van der Waals surface area contributed by atoms with Crippen molar-refractivity contribution in [2.24, 2.45) is 0 Å². The Balaban J connectivity index is 1.40. The van der Waals surface area contributed by atoms with Gasteiger partial charge in [-0.1, -0.05) is 42.5 Å². The minimum Gasteiger partial charge on any atom is -0.495 e. The van der Waals surface area contributed by atoms with Crippen LogP contribution in [-0.2, 0) is 6.54 Å². The zero-order valence-corrected chi connectivity index (χ0v) is 18.3. The van der Waals surface area contributed by atoms with Crippen LogP contribution in [0.15, 0.2) is 61.1 Å². The van der Waals surface area contributed by atoms with Gasteiger partial charge < -0.3 is 9.30 Å². The second-order valence-corrected chi connectivity index (χ2v) is 7.89. The van der Waals surface area contributed by atoms with Crippen molar-refractivity contribution in [2.75, 3.05) is 7.11 Å². The SMILES string of the molecule is COc1cc(/C=C/c2nc3n(n2)CCC/C3=C\c2ccccc2)ccc1-n1cnc(C)c1. The van der Waals surface area contributed by atoms with Crippen molar-refractivity contribution in [2.45, 2.75) is 26.3 Å². The Hall–Kier alpha value is -3.93. The van der Waals surface area contributed by atoms with E-state index in [1.165, 1.54) is 11.1 Å². The molecule has 6 nitrogen and oxygen atoms in total. The summed E-state index contributed by atoms with van der Waals surface area (Å²) in [5, 5.41) is 4.70. The molecular weight excluding hydrogens is 398 g/mol. The lowest BCUT2D eigenvalue weighted by atomic mass is 10.0. The van der Waals surface area contributed by atoms with Crippen molar-refractivity contribution < 1.29 is 4.74 Å². The average molecular weight is 424 g/mol. The maximum atomic E-state index is 5.61. The Morgan fingerprint density at radius 1 is 1.03 bits per heavy atom. The third-order valence-corrected chi connectivity index (χ3v) is 5.55. The largest absolute Gasteiger partial charge is 0.495 e. The van der Waals surface area contributed by atoms with Crippen LogP contribution < -0.4 is 4.74 Å². The second-order valence-electron chi connectivity index (χ2n) is 7.89. The predicted molar refractivity (Wildman–Crippen MR) is 127 cm³/mol. The number of fused-ring (bicyclic) bond motifs is 1. The van der Waals surface area contributed by atoms with Crippen molar-refractivity contribution in [1.82, 2.24) is 24.3 Å². The molecule has 0 spiro atoms. The molecule has 6 heteroatoms. The molecule has 0 radical (unpaired) electrons. The van der Waals surface area contributed by atoms with Crippen molar-refractivity contribution in [3.8, 4) is 11.4 Å². The van der Waals surface area contributed by atoms with Gasteiger partial charge in [-0.3, -0.25) is 0 Å². The summed E-state index contributed by atoms with van der Waals surface area (Å²) >= 11 is 0. The number of imidazole rings is 1. The molecule has 4 aromatic rings. The highest BCUT2D eigenvalue weighted by atomic mass is 16.5. The highest BCUT2D eigenvalue weighted by Crippen LogP contribution is 2.28. The molecule has 0 aliphatic carbocycles. The van der Waals surface area contributed by atoms with E-state index >= 15 is 0 Å². The number of aromatic nitrogens is 5. The lowest BCUT2D eigenvalue weighted by Crippen LogP contribution is -2.11. The van der Waals surface area contributed by atoms with Crippen LogP contribution >= 0.6 is 0 Å². The summed E-state index contributed by atoms with van der Waals surface area (Å²) in [6.07, 6.45) is 12.1. The molecule has 0 atom stereocenters. The summed E-state index contributed by atoms with van der Waals surface area (Å²) in [6.45, 7) is 2.87. The van der Waals surface area contributed by atoms with Gasteiger partial charge in [-0.15, -0.1) is 0 Å². The number of benzene rings is 2. The van der Waals surface area contributed by atoms with Crippen LogP contribution in [0.25, 0.3) is 29.5 Å². The van der Waals surface area contributed by atoms with Gasteiger partial charge in [0.05, 0.1) is 24.8 Å². The van der Waals surface area contributed by atoms with Gasteiger partial charge in [-0.05, 0) is 60.8 Å². The van der Waals surface area contributed by atoms with Crippen molar-refractivity contribution in [1.29, 1.82) is 0 Å². The van der Waals surface area contributed by atoms with Gasteiger partial charge in [0.25, 0.3) is 0 Å². The summed E-state index contributed by atoms with van der Waals surface area (Å²) in [5.41, 5.74) is 5.37. The molecule has 5 rings (SSSR count). The van der Waals surface area contributed by atoms with E-state index in [1.54, 1.807) is 13.4 Å². The van der Waals surface area contributed by atoms with Gasteiger partial charge >= 0.3 is 0 Å². The van der Waals surface area contributed by atoms with Crippen molar-refractivity contribution in [3.63, 3.8) is 0 Å². The third-order valence-electron chi connectivity index (χ3n) is 5.55. The fraction of sp³-hybridized carbons (Fsp3) is 0.192. The van der Waals surface area contributed by atoms with E-state index in [4.69, 9.17) is 14.8 Å². The van der Waals surface area contributed by atoms with Crippen LogP contribution in [0.5, 0.6) is 5.75 Å². The lowest BCUT2D eigenvalue weighted by Gasteiger charge is -2.15. The van der Waals surface area contributed by atoms with E-state index in [0.717, 1.165) is 47.9 Å². The fourth-order valence-corrected chi connectivity index (χ4v) is 3.98. The first-order valence-electron chi connectivity index (χ1n) is 10.8. The Morgan fingerprint density at radius 2 is 1.91 bits per heavy atom. The Bertz CT molecular complexity index is 1300. The van der Waals surface area contributed by atoms with Gasteiger partial charge in [0.1, 0.15) is 5.75 Å². The Morgan fingerprint density at radius 3 is 2.69 bits per heavy atom. The molecule has 32 heavy (non-hydrogen) atoms. The standard InChI is InChI=1S/C26H25N5O/c1-19-17-30(18-27-19)23-12-10-21(16-24(23)32-2)11-13-25-28-26-22(9-6-14-31(26)29-25)15-20-7-4-3-5-8-20/h3-5,7-8,10-13,15-18H,6,9,14H2,1-2H3/b13-11+,22-15+. The van der Waals surface area contributed by atoms with E-state index < -0.39 is 0 Å². The minimum absolute atomic E-state index is 0.717. The molecule has 1 aliphatic rings. The smallest absolute Gasteiger partial charge is 0.174 e. The molecular formula is C26H25N5O. The summed E-state index contributed by atoms with van der Waals surface area (Å²) < 4.78 is 9.60. The predicted octanol–water partition coefficient (Wildman–Crippen LogP) is 5.29. The van der Waals surface area contributed by atoms with Gasteiger partial charge in [0, 0.05) is 12.7 Å². The van der Waals surface area contributed by atoms with Gasteiger partial charge in [-0.25, -0.2) is 14.6 Å². The van der Waals surface area contributed by atoms with Gasteiger partial charge in [-0.2, -0.15) is 5.10 Å². The van der Waals surface area contributed by atoms with Crippen LogP contribution in [0.1, 0.15) is 41.3 Å². The summed E-state index contributed by atoms with van der Waals surface area (Å²) in [6, 6.07) is 16.5. The molecule has 0 fully saturated rings. The van der Waals surface area contributed by atoms with Crippen molar-refractivity contribution >= 4 is 23.8 Å². The monoisotopic (exact) mass is 423 g/mol. The molecule has 0 N–H and O–H groups in total. The number of hydrogen-bond acceptors (Lipinski definition) is 4. The summed E-state index contributed by atoms with van der Waals surface area (Å²) in [4.78, 5) is 9.11. The number of hydrogen-bond donors (Lipinski definition) is 0. The zero-order valence-electron chi connectivity index (χ0n) is 18.3. The highest BCUT2D eigenvalue weighted by molar-refractivity contribution is 5.79. The molecule has 0 saturated carbocycles. The first kappa shape index (κ1) is 20.0. The van der Waals surface area contributed by atoms with E-state index in [-0.39, 0.29) is 0 Å². The zero-order chi connectivity index (χ0) is 21.9. The fourth-order valence-electron chi connectivity index (χ4n) is 3.98. The van der Waals surface area contributed by atoms with Crippen LogP contribution in [0.3, 0.4) is 0 Å². The normalized spacial score (nSPS) is 14.8. The quantitative estimate of drug-likeness (QED) is 0.438. The molecule has 160 valence electrons. The van der Waals surface area contributed by atoms with Gasteiger partial charge in [0.2, 0.25) is 0 Å². The first-order valence-corrected chi connectivity index (χ1v) is 10.8. The van der Waals surface area contributed by atoms with Crippen LogP contribution in [0.2, 0.25) is 0 Å². The maximum absolute atomic E-state index is 5.61. The highest BCUT2D eigenvalue weighted by Gasteiger charge is 2.18. The molecule has 0 unspecified atom stereocenters. The molecule has 2 aromatic heterocycles. The second kappa shape index (κ2) is 8.67. The van der Waals surface area contributed by atoms with E-state index in [2.05, 4.69) is 41.4 Å². The molecule has 3 heterocycles. The maximum Gasteiger partial charge on any atom is 0.174 e. The molecule has 0 bridgehead atoms. The average Bonchev–Trinajstić information content (AvgIpc) is 3.44. The van der Waals surface area contributed by atoms with Crippen LogP contribution in [-0.4, -0.2) is 31.4 Å². The number of allylic oxidation sites excluding steroid dienone is 1. The number of nitrogens with zero attached hydrogens (tertiary/aromatic N) is 5. The molecule has 1 aliphatic heterocycles. The number of aryl methyl sites for hydroxylation is 2. The number of ether oxygens (including phenoxy) is 1. The van der Waals surface area contributed by atoms with Crippen molar-refractivity contribution in [3.05, 3.63) is 89.5 Å². The molecule has 0 saturated heterocycles. The Labute approximate surface area is 187 Å².